The fourth-order valence-electron chi connectivity index (χ4n) is 3.32. The molecular formula is C25H28LiOP. The number of benzene rings is 3. The van der Waals surface area contributed by atoms with Gasteiger partial charge in [-0.05, 0) is 61.0 Å². The largest absolute Gasteiger partial charge is 1.00 e. The Morgan fingerprint density at radius 3 is 1.82 bits per heavy atom. The quantitative estimate of drug-likeness (QED) is 0.498. The first-order valence-corrected chi connectivity index (χ1v) is 10.3. The Hall–Kier alpha value is -1.64. The minimum Gasteiger partial charge on any atom is -1.00 e. The van der Waals surface area contributed by atoms with Gasteiger partial charge in [-0.25, -0.2) is 0 Å². The zero-order chi connectivity index (χ0) is 19.6. The van der Waals surface area contributed by atoms with E-state index in [4.69, 9.17) is 0 Å². The first kappa shape index (κ1) is 22.6. The molecule has 0 radical (unpaired) electrons. The van der Waals surface area contributed by atoms with Crippen LogP contribution in [0.1, 0.15) is 49.2 Å². The molecule has 3 aromatic carbocycles. The first-order chi connectivity index (χ1) is 12.8. The van der Waals surface area contributed by atoms with Crippen LogP contribution in [0.4, 0.5) is 0 Å². The maximum atomic E-state index is 13.0. The number of carbonyl (C=O) groups excluding carboxylic acids is 1. The molecule has 0 amide bonds. The molecule has 3 aromatic rings. The van der Waals surface area contributed by atoms with Gasteiger partial charge >= 0.3 is 18.9 Å². The van der Waals surface area contributed by atoms with Gasteiger partial charge in [-0.2, -0.15) is 0 Å². The minimum absolute atomic E-state index is 0. The Balaban J connectivity index is 0.00000210. The molecule has 1 atom stereocenters. The number of hydrogen-bond acceptors (Lipinski definition) is 1. The molecule has 0 heterocycles. The Kier molecular flexibility index (Phi) is 7.47. The summed E-state index contributed by atoms with van der Waals surface area (Å²) in [4.78, 5) is 13.0. The molecule has 0 aliphatic rings. The van der Waals surface area contributed by atoms with Crippen LogP contribution in [-0.2, 0) is 5.41 Å². The van der Waals surface area contributed by atoms with Crippen LogP contribution in [-0.4, -0.2) is 5.52 Å². The molecule has 1 unspecified atom stereocenters. The van der Waals surface area contributed by atoms with Gasteiger partial charge in [-0.15, -0.1) is 0 Å². The number of aryl methyl sites for hydroxylation is 2. The van der Waals surface area contributed by atoms with Crippen LogP contribution in [0.15, 0.2) is 66.7 Å². The van der Waals surface area contributed by atoms with E-state index in [1.807, 2.05) is 18.2 Å². The third-order valence-electron chi connectivity index (χ3n) is 4.88. The van der Waals surface area contributed by atoms with Gasteiger partial charge in [0.05, 0.1) is 0 Å². The number of hydrogen-bond donors (Lipinski definition) is 0. The van der Waals surface area contributed by atoms with Crippen LogP contribution < -0.4 is 24.2 Å². The van der Waals surface area contributed by atoms with Gasteiger partial charge in [-0.1, -0.05) is 87.5 Å². The van der Waals surface area contributed by atoms with E-state index in [2.05, 4.69) is 83.1 Å². The third kappa shape index (κ3) is 5.24. The zero-order valence-corrected chi connectivity index (χ0v) is 18.8. The van der Waals surface area contributed by atoms with E-state index in [9.17, 15) is 4.79 Å². The third-order valence-corrected chi connectivity index (χ3v) is 5.97. The zero-order valence-electron chi connectivity index (χ0n) is 18.8. The van der Waals surface area contributed by atoms with Gasteiger partial charge in [0.15, 0.2) is 5.52 Å². The average Bonchev–Trinajstić information content (AvgIpc) is 2.61. The van der Waals surface area contributed by atoms with Crippen molar-refractivity contribution in [2.45, 2.75) is 40.0 Å². The van der Waals surface area contributed by atoms with Crippen molar-refractivity contribution in [2.75, 3.05) is 0 Å². The molecule has 28 heavy (non-hydrogen) atoms. The van der Waals surface area contributed by atoms with Crippen molar-refractivity contribution in [3.63, 3.8) is 0 Å². The van der Waals surface area contributed by atoms with E-state index in [1.54, 1.807) is 0 Å². The van der Waals surface area contributed by atoms with Gasteiger partial charge in [0, 0.05) is 5.56 Å². The molecule has 3 rings (SSSR count). The van der Waals surface area contributed by atoms with E-state index in [-0.39, 0.29) is 39.8 Å². The smallest absolute Gasteiger partial charge is 1.00 e. The molecule has 0 saturated carbocycles. The number of rotatable bonds is 4. The van der Waals surface area contributed by atoms with Crippen LogP contribution in [0.5, 0.6) is 0 Å². The molecule has 0 aromatic heterocycles. The second-order valence-corrected chi connectivity index (χ2v) is 9.41. The summed E-state index contributed by atoms with van der Waals surface area (Å²) in [5.74, 6) is 0. The summed E-state index contributed by atoms with van der Waals surface area (Å²) in [5, 5.41) is 1.08. The van der Waals surface area contributed by atoms with Crippen molar-refractivity contribution in [3.05, 3.63) is 89.0 Å². The van der Waals surface area contributed by atoms with E-state index in [1.165, 1.54) is 16.7 Å². The molecule has 0 bridgehead atoms. The Morgan fingerprint density at radius 1 is 0.821 bits per heavy atom. The monoisotopic (exact) mass is 382 g/mol. The van der Waals surface area contributed by atoms with Crippen LogP contribution in [0, 0.1) is 13.8 Å². The Labute approximate surface area is 184 Å². The molecule has 3 heteroatoms. The van der Waals surface area contributed by atoms with Crippen LogP contribution in [0.3, 0.4) is 0 Å². The molecule has 1 nitrogen and oxygen atoms in total. The molecule has 0 N–H and O–H groups in total. The Morgan fingerprint density at radius 2 is 1.32 bits per heavy atom. The van der Waals surface area contributed by atoms with E-state index >= 15 is 0 Å². The SMILES string of the molecule is Cc1cc(C(C)(C)C)cc(C)c1C(=O)Pc1ccc(-c2ccccc2)cc1.[H-].[Li+]. The van der Waals surface area contributed by atoms with Crippen LogP contribution >= 0.6 is 8.58 Å². The maximum Gasteiger partial charge on any atom is 1.00 e. The summed E-state index contributed by atoms with van der Waals surface area (Å²) < 4.78 is 0. The number of carbonyl (C=O) groups is 1. The fourth-order valence-corrected chi connectivity index (χ4v) is 4.44. The van der Waals surface area contributed by atoms with Crippen molar-refractivity contribution < 1.29 is 25.1 Å². The molecular weight excluding hydrogens is 354 g/mol. The normalized spacial score (nSPS) is 11.5. The van der Waals surface area contributed by atoms with E-state index in [0.29, 0.717) is 0 Å². The predicted octanol–water partition coefficient (Wildman–Crippen LogP) is 3.53. The maximum absolute atomic E-state index is 13.0. The Bertz CT molecular complexity index is 937. The molecule has 0 aliphatic heterocycles. The summed E-state index contributed by atoms with van der Waals surface area (Å²) in [6, 6.07) is 23.0. The standard InChI is InChI=1S/C25H27OP.Li.H/c1-17-15-21(25(3,4)5)16-18(2)23(17)24(26)27-22-13-11-20(12-14-22)19-9-7-6-8-10-19;;/h6-16,27H,1-5H3;;/q;+1;-1. The van der Waals surface area contributed by atoms with Gasteiger partial charge < -0.3 is 1.43 Å². The molecule has 0 spiro atoms. The molecule has 0 fully saturated rings. The molecule has 0 saturated heterocycles. The predicted molar refractivity (Wildman–Crippen MR) is 120 cm³/mol. The van der Waals surface area contributed by atoms with Crippen molar-refractivity contribution >= 4 is 19.4 Å². The fraction of sp³-hybridized carbons (Fsp3) is 0.240. The summed E-state index contributed by atoms with van der Waals surface area (Å²) >= 11 is 0. The van der Waals surface area contributed by atoms with Crippen LogP contribution in [0.25, 0.3) is 11.1 Å². The molecule has 0 aliphatic carbocycles. The van der Waals surface area contributed by atoms with Crippen LogP contribution in [0.2, 0.25) is 0 Å². The minimum atomic E-state index is 0. The van der Waals surface area contributed by atoms with Gasteiger partial charge in [-0.3, -0.25) is 4.79 Å². The topological polar surface area (TPSA) is 17.1 Å². The first-order valence-electron chi connectivity index (χ1n) is 9.34. The van der Waals surface area contributed by atoms with Crippen molar-refractivity contribution in [1.29, 1.82) is 0 Å². The van der Waals surface area contributed by atoms with Crippen molar-refractivity contribution in [2.24, 2.45) is 0 Å². The van der Waals surface area contributed by atoms with Gasteiger partial charge in [0.2, 0.25) is 0 Å². The van der Waals surface area contributed by atoms with Gasteiger partial charge in [0.25, 0.3) is 0 Å². The van der Waals surface area contributed by atoms with Crippen molar-refractivity contribution in [1.82, 2.24) is 0 Å². The summed E-state index contributed by atoms with van der Waals surface area (Å²) in [7, 11) is 0.147. The summed E-state index contributed by atoms with van der Waals surface area (Å²) in [6.07, 6.45) is 0. The molecule has 140 valence electrons. The summed E-state index contributed by atoms with van der Waals surface area (Å²) in [6.45, 7) is 10.7. The van der Waals surface area contributed by atoms with Gasteiger partial charge in [0.1, 0.15) is 0 Å². The van der Waals surface area contributed by atoms with E-state index in [0.717, 1.165) is 22.0 Å². The second kappa shape index (κ2) is 9.24. The summed E-state index contributed by atoms with van der Waals surface area (Å²) in [5.41, 5.74) is 7.02. The second-order valence-electron chi connectivity index (χ2n) is 8.13. The average molecular weight is 382 g/mol. The van der Waals surface area contributed by atoms with E-state index < -0.39 is 0 Å². The van der Waals surface area contributed by atoms with Crippen molar-refractivity contribution in [3.8, 4) is 11.1 Å².